The Morgan fingerprint density at radius 1 is 1.12 bits per heavy atom. The summed E-state index contributed by atoms with van der Waals surface area (Å²) in [7, 11) is 0. The molecule has 96 valence electrons. The Hall–Kier alpha value is -0.530. The van der Waals surface area contributed by atoms with Crippen LogP contribution < -0.4 is 5.32 Å². The Morgan fingerprint density at radius 3 is 2.24 bits per heavy atom. The molecule has 0 saturated heterocycles. The summed E-state index contributed by atoms with van der Waals surface area (Å²) in [6, 6.07) is 8.64. The van der Waals surface area contributed by atoms with Crippen LogP contribution in [0, 0.1) is 12.8 Å². The van der Waals surface area contributed by atoms with Crippen molar-refractivity contribution in [3.8, 4) is 0 Å². The Bertz CT molecular complexity index is 303. The zero-order valence-corrected chi connectivity index (χ0v) is 11.9. The molecule has 17 heavy (non-hydrogen) atoms. The second-order valence-electron chi connectivity index (χ2n) is 4.71. The molecule has 0 bridgehead atoms. The van der Waals surface area contributed by atoms with Gasteiger partial charge in [0.2, 0.25) is 0 Å². The fourth-order valence-electron chi connectivity index (χ4n) is 2.03. The summed E-state index contributed by atoms with van der Waals surface area (Å²) < 4.78 is 0. The van der Waals surface area contributed by atoms with Gasteiger partial charge in [0, 0.05) is 18.5 Å². The van der Waals surface area contributed by atoms with Crippen LogP contribution in [0.1, 0.15) is 37.8 Å². The molecule has 1 aromatic rings. The number of rotatable bonds is 7. The highest BCUT2D eigenvalue weighted by atomic mass is 35.5. The predicted octanol–water partition coefficient (Wildman–Crippen LogP) is 4.13. The smallest absolute Gasteiger partial charge is 0.0488 e. The first-order chi connectivity index (χ1) is 8.17. The number of benzene rings is 1. The molecule has 1 aromatic carbocycles. The largest absolute Gasteiger partial charge is 0.311 e. The van der Waals surface area contributed by atoms with Crippen molar-refractivity contribution in [1.29, 1.82) is 0 Å². The molecule has 0 heterocycles. The maximum Gasteiger partial charge on any atom is 0.0488 e. The monoisotopic (exact) mass is 253 g/mol. The van der Waals surface area contributed by atoms with Gasteiger partial charge in [0.25, 0.3) is 0 Å². The van der Waals surface area contributed by atoms with E-state index in [1.165, 1.54) is 11.1 Å². The van der Waals surface area contributed by atoms with E-state index in [1.54, 1.807) is 0 Å². The molecule has 1 N–H and O–H groups in total. The van der Waals surface area contributed by atoms with E-state index in [-0.39, 0.29) is 5.38 Å². The van der Waals surface area contributed by atoms with Gasteiger partial charge in [0.15, 0.2) is 0 Å². The molecule has 0 radical (unpaired) electrons. The van der Waals surface area contributed by atoms with E-state index in [1.807, 2.05) is 0 Å². The van der Waals surface area contributed by atoms with E-state index in [0.717, 1.165) is 25.9 Å². The van der Waals surface area contributed by atoms with Gasteiger partial charge in [0.1, 0.15) is 0 Å². The van der Waals surface area contributed by atoms with Crippen LogP contribution in [0.2, 0.25) is 0 Å². The minimum atomic E-state index is 0.246. The molecule has 0 amide bonds. The van der Waals surface area contributed by atoms with E-state index >= 15 is 0 Å². The Balaban J connectivity index is 2.30. The summed E-state index contributed by atoms with van der Waals surface area (Å²) in [6.45, 7) is 8.33. The molecule has 0 fully saturated rings. The van der Waals surface area contributed by atoms with Crippen LogP contribution in [0.5, 0.6) is 0 Å². The zero-order valence-electron chi connectivity index (χ0n) is 11.2. The van der Waals surface area contributed by atoms with E-state index in [9.17, 15) is 0 Å². The van der Waals surface area contributed by atoms with E-state index in [2.05, 4.69) is 50.4 Å². The molecule has 2 heteroatoms. The highest BCUT2D eigenvalue weighted by Crippen LogP contribution is 2.17. The molecular weight excluding hydrogens is 230 g/mol. The molecule has 1 atom stereocenters. The molecule has 0 spiro atoms. The number of hydrogen-bond acceptors (Lipinski definition) is 1. The summed E-state index contributed by atoms with van der Waals surface area (Å²) in [5, 5.41) is 3.68. The summed E-state index contributed by atoms with van der Waals surface area (Å²) in [4.78, 5) is 0. The molecule has 1 unspecified atom stereocenters. The highest BCUT2D eigenvalue weighted by Gasteiger charge is 2.14. The lowest BCUT2D eigenvalue weighted by Gasteiger charge is -2.19. The minimum Gasteiger partial charge on any atom is -0.311 e. The highest BCUT2D eigenvalue weighted by molar-refractivity contribution is 6.21. The quantitative estimate of drug-likeness (QED) is 0.721. The van der Waals surface area contributed by atoms with Gasteiger partial charge in [0.05, 0.1) is 0 Å². The van der Waals surface area contributed by atoms with E-state index in [4.69, 9.17) is 11.6 Å². The predicted molar refractivity (Wildman–Crippen MR) is 76.6 cm³/mol. The van der Waals surface area contributed by atoms with Crippen LogP contribution in [0.15, 0.2) is 24.3 Å². The third-order valence-corrected chi connectivity index (χ3v) is 3.86. The first-order valence-electron chi connectivity index (χ1n) is 6.57. The Morgan fingerprint density at radius 2 is 1.71 bits per heavy atom. The van der Waals surface area contributed by atoms with Crippen molar-refractivity contribution in [1.82, 2.24) is 5.32 Å². The SMILES string of the molecule is CCC(CC)C(Cl)CNCc1ccc(C)cc1. The van der Waals surface area contributed by atoms with Crippen LogP contribution in [0.25, 0.3) is 0 Å². The van der Waals surface area contributed by atoms with Crippen LogP contribution in [0.3, 0.4) is 0 Å². The van der Waals surface area contributed by atoms with Crippen molar-refractivity contribution in [2.75, 3.05) is 6.54 Å². The summed E-state index contributed by atoms with van der Waals surface area (Å²) in [6.07, 6.45) is 2.33. The average Bonchev–Trinajstić information content (AvgIpc) is 2.33. The Kier molecular flexibility index (Phi) is 6.61. The Labute approximate surface area is 111 Å². The fourth-order valence-corrected chi connectivity index (χ4v) is 2.49. The zero-order chi connectivity index (χ0) is 12.7. The van der Waals surface area contributed by atoms with Crippen molar-refractivity contribution in [2.45, 2.75) is 45.5 Å². The number of alkyl halides is 1. The van der Waals surface area contributed by atoms with Crippen molar-refractivity contribution in [3.63, 3.8) is 0 Å². The van der Waals surface area contributed by atoms with Crippen LogP contribution in [-0.2, 0) is 6.54 Å². The summed E-state index contributed by atoms with van der Waals surface area (Å²) >= 11 is 6.38. The first kappa shape index (κ1) is 14.5. The van der Waals surface area contributed by atoms with Gasteiger partial charge < -0.3 is 5.32 Å². The molecule has 1 rings (SSSR count). The molecule has 0 saturated carbocycles. The van der Waals surface area contributed by atoms with Gasteiger partial charge in [-0.25, -0.2) is 0 Å². The van der Waals surface area contributed by atoms with Gasteiger partial charge >= 0.3 is 0 Å². The molecule has 0 aromatic heterocycles. The van der Waals surface area contributed by atoms with Gasteiger partial charge in [-0.05, 0) is 18.4 Å². The van der Waals surface area contributed by atoms with Crippen molar-refractivity contribution >= 4 is 11.6 Å². The first-order valence-corrected chi connectivity index (χ1v) is 7.01. The lowest BCUT2D eigenvalue weighted by molar-refractivity contribution is 0.446. The van der Waals surface area contributed by atoms with Gasteiger partial charge in [-0.2, -0.15) is 0 Å². The number of hydrogen-bond donors (Lipinski definition) is 1. The minimum absolute atomic E-state index is 0.246. The number of halogens is 1. The van der Waals surface area contributed by atoms with Crippen LogP contribution in [0.4, 0.5) is 0 Å². The maximum atomic E-state index is 6.38. The van der Waals surface area contributed by atoms with Crippen LogP contribution >= 0.6 is 11.6 Å². The third-order valence-electron chi connectivity index (χ3n) is 3.35. The normalized spacial score (nSPS) is 13.0. The lowest BCUT2D eigenvalue weighted by atomic mass is 9.99. The topological polar surface area (TPSA) is 12.0 Å². The average molecular weight is 254 g/mol. The maximum absolute atomic E-state index is 6.38. The van der Waals surface area contributed by atoms with Gasteiger partial charge in [-0.1, -0.05) is 56.5 Å². The second kappa shape index (κ2) is 7.73. The van der Waals surface area contributed by atoms with Gasteiger partial charge in [-0.15, -0.1) is 11.6 Å². The third kappa shape index (κ3) is 5.10. The van der Waals surface area contributed by atoms with E-state index < -0.39 is 0 Å². The van der Waals surface area contributed by atoms with E-state index in [0.29, 0.717) is 5.92 Å². The molecule has 0 aliphatic carbocycles. The lowest BCUT2D eigenvalue weighted by Crippen LogP contribution is -2.28. The molecular formula is C15H24ClN. The number of nitrogens with one attached hydrogen (secondary N) is 1. The van der Waals surface area contributed by atoms with Crippen molar-refractivity contribution in [3.05, 3.63) is 35.4 Å². The van der Waals surface area contributed by atoms with Gasteiger partial charge in [-0.3, -0.25) is 0 Å². The van der Waals surface area contributed by atoms with Crippen molar-refractivity contribution in [2.24, 2.45) is 5.92 Å². The molecule has 0 aliphatic rings. The second-order valence-corrected chi connectivity index (χ2v) is 5.27. The summed E-state index contributed by atoms with van der Waals surface area (Å²) in [5.74, 6) is 0.627. The standard InChI is InChI=1S/C15H24ClN/c1-4-14(5-2)15(16)11-17-10-13-8-6-12(3)7-9-13/h6-9,14-15,17H,4-5,10-11H2,1-3H3. The summed E-state index contributed by atoms with van der Waals surface area (Å²) in [5.41, 5.74) is 2.63. The number of aryl methyl sites for hydroxylation is 1. The van der Waals surface area contributed by atoms with Crippen molar-refractivity contribution < 1.29 is 0 Å². The van der Waals surface area contributed by atoms with Crippen LogP contribution in [-0.4, -0.2) is 11.9 Å². The molecule has 1 nitrogen and oxygen atoms in total. The molecule has 0 aliphatic heterocycles. The fraction of sp³-hybridized carbons (Fsp3) is 0.600.